The summed E-state index contributed by atoms with van der Waals surface area (Å²) in [7, 11) is 2.88. The van der Waals surface area contributed by atoms with Crippen molar-refractivity contribution in [2.45, 2.75) is 0 Å². The van der Waals surface area contributed by atoms with E-state index in [-0.39, 0.29) is 22.8 Å². The molecule has 2 rings (SSSR count). The van der Waals surface area contributed by atoms with Crippen molar-refractivity contribution in [2.75, 3.05) is 14.2 Å². The van der Waals surface area contributed by atoms with Gasteiger partial charge in [0.25, 0.3) is 0 Å². The lowest BCUT2D eigenvalue weighted by Gasteiger charge is -2.11. The van der Waals surface area contributed by atoms with Crippen LogP contribution in [-0.2, 0) is 0 Å². The van der Waals surface area contributed by atoms with Crippen LogP contribution in [0, 0.1) is 0 Å². The van der Waals surface area contributed by atoms with E-state index in [4.69, 9.17) is 9.47 Å². The van der Waals surface area contributed by atoms with Crippen LogP contribution < -0.4 is 9.47 Å². The highest BCUT2D eigenvalue weighted by Gasteiger charge is 2.20. The van der Waals surface area contributed by atoms with E-state index in [0.29, 0.717) is 10.6 Å². The monoisotopic (exact) mass is 264 g/mol. The molecule has 2 aromatic rings. The summed E-state index contributed by atoms with van der Waals surface area (Å²) in [4.78, 5) is 12.7. The first-order valence-electron chi connectivity index (χ1n) is 5.21. The average molecular weight is 264 g/mol. The number of rotatable bonds is 4. The van der Waals surface area contributed by atoms with Crippen LogP contribution >= 0.6 is 11.3 Å². The zero-order valence-electron chi connectivity index (χ0n) is 9.97. The number of ether oxygens (including phenoxy) is 2. The van der Waals surface area contributed by atoms with E-state index < -0.39 is 0 Å². The van der Waals surface area contributed by atoms with Gasteiger partial charge in [-0.25, -0.2) is 0 Å². The van der Waals surface area contributed by atoms with Crippen molar-refractivity contribution >= 4 is 17.1 Å². The van der Waals surface area contributed by atoms with Gasteiger partial charge in [-0.05, 0) is 23.6 Å². The van der Waals surface area contributed by atoms with E-state index in [2.05, 4.69) is 0 Å². The van der Waals surface area contributed by atoms with Gasteiger partial charge < -0.3 is 14.6 Å². The van der Waals surface area contributed by atoms with Crippen LogP contribution in [0.1, 0.15) is 15.2 Å². The van der Waals surface area contributed by atoms with E-state index in [9.17, 15) is 9.90 Å². The number of carbonyl (C=O) groups excluding carboxylic acids is 1. The Morgan fingerprint density at radius 3 is 2.56 bits per heavy atom. The molecule has 0 aliphatic rings. The van der Waals surface area contributed by atoms with E-state index in [1.54, 1.807) is 18.2 Å². The Morgan fingerprint density at radius 2 is 2.00 bits per heavy atom. The molecule has 0 saturated heterocycles. The molecule has 0 amide bonds. The average Bonchev–Trinajstić information content (AvgIpc) is 2.91. The first-order chi connectivity index (χ1) is 8.69. The summed E-state index contributed by atoms with van der Waals surface area (Å²) in [6.07, 6.45) is 0. The first kappa shape index (κ1) is 12.4. The molecule has 0 aliphatic carbocycles. The third-order valence-electron chi connectivity index (χ3n) is 2.51. The molecule has 94 valence electrons. The molecule has 0 bridgehead atoms. The number of ketones is 1. The Kier molecular flexibility index (Phi) is 3.53. The molecule has 0 radical (unpaired) electrons. The van der Waals surface area contributed by atoms with Crippen molar-refractivity contribution in [3.05, 3.63) is 40.1 Å². The fourth-order valence-corrected chi connectivity index (χ4v) is 2.31. The standard InChI is InChI=1S/C13H12O4S/c1-16-9-6-5-8(12(15)13(9)17-2)11(14)10-4-3-7-18-10/h3-7,15H,1-2H3. The van der Waals surface area contributed by atoms with Gasteiger partial charge in [0.15, 0.2) is 11.5 Å². The van der Waals surface area contributed by atoms with Crippen LogP contribution in [0.5, 0.6) is 17.2 Å². The molecule has 0 spiro atoms. The minimum atomic E-state index is -0.233. The van der Waals surface area contributed by atoms with Gasteiger partial charge in [-0.1, -0.05) is 6.07 Å². The second-order valence-corrected chi connectivity index (χ2v) is 4.45. The maximum atomic E-state index is 12.2. The summed E-state index contributed by atoms with van der Waals surface area (Å²) in [6.45, 7) is 0. The van der Waals surface area contributed by atoms with Crippen LogP contribution in [0.4, 0.5) is 0 Å². The number of hydrogen-bond acceptors (Lipinski definition) is 5. The Bertz CT molecular complexity index is 561. The lowest BCUT2D eigenvalue weighted by molar-refractivity contribution is 0.103. The summed E-state index contributed by atoms with van der Waals surface area (Å²) in [5.41, 5.74) is 0.204. The number of benzene rings is 1. The Labute approximate surface area is 108 Å². The predicted octanol–water partition coefficient (Wildman–Crippen LogP) is 2.70. The Balaban J connectivity index is 2.50. The van der Waals surface area contributed by atoms with E-state index in [1.807, 2.05) is 5.38 Å². The molecule has 4 nitrogen and oxygen atoms in total. The predicted molar refractivity (Wildman–Crippen MR) is 69.0 cm³/mol. The number of phenols is 1. The van der Waals surface area contributed by atoms with Crippen LogP contribution in [0.3, 0.4) is 0 Å². The van der Waals surface area contributed by atoms with Crippen LogP contribution in [0.15, 0.2) is 29.6 Å². The molecular formula is C13H12O4S. The molecule has 1 heterocycles. The van der Waals surface area contributed by atoms with E-state index in [1.165, 1.54) is 31.6 Å². The minimum Gasteiger partial charge on any atom is -0.504 e. The number of hydrogen-bond donors (Lipinski definition) is 1. The lowest BCUT2D eigenvalue weighted by Crippen LogP contribution is -2.01. The zero-order valence-corrected chi connectivity index (χ0v) is 10.8. The van der Waals surface area contributed by atoms with Gasteiger partial charge in [-0.15, -0.1) is 11.3 Å². The molecule has 1 aromatic carbocycles. The topological polar surface area (TPSA) is 55.8 Å². The summed E-state index contributed by atoms with van der Waals surface area (Å²) < 4.78 is 10.1. The molecule has 5 heteroatoms. The summed E-state index contributed by atoms with van der Waals surface area (Å²) in [5, 5.41) is 11.9. The lowest BCUT2D eigenvalue weighted by atomic mass is 10.1. The van der Waals surface area contributed by atoms with Crippen molar-refractivity contribution in [2.24, 2.45) is 0 Å². The van der Waals surface area contributed by atoms with Gasteiger partial charge in [-0.3, -0.25) is 4.79 Å². The van der Waals surface area contributed by atoms with Crippen molar-refractivity contribution < 1.29 is 19.4 Å². The molecule has 0 unspecified atom stereocenters. The van der Waals surface area contributed by atoms with Gasteiger partial charge in [0.05, 0.1) is 24.7 Å². The Morgan fingerprint density at radius 1 is 1.22 bits per heavy atom. The smallest absolute Gasteiger partial charge is 0.206 e. The maximum absolute atomic E-state index is 12.2. The highest BCUT2D eigenvalue weighted by molar-refractivity contribution is 7.12. The van der Waals surface area contributed by atoms with Crippen molar-refractivity contribution in [1.82, 2.24) is 0 Å². The van der Waals surface area contributed by atoms with Crippen molar-refractivity contribution in [1.29, 1.82) is 0 Å². The van der Waals surface area contributed by atoms with Gasteiger partial charge in [0.2, 0.25) is 11.5 Å². The molecule has 1 aromatic heterocycles. The number of carbonyl (C=O) groups is 1. The molecule has 0 aliphatic heterocycles. The molecule has 0 atom stereocenters. The fourth-order valence-electron chi connectivity index (χ4n) is 1.63. The quantitative estimate of drug-likeness (QED) is 0.863. The number of phenolic OH excluding ortho intramolecular Hbond substituents is 1. The van der Waals surface area contributed by atoms with Crippen LogP contribution in [0.25, 0.3) is 0 Å². The Hall–Kier alpha value is -2.01. The molecule has 1 N–H and O–H groups in total. The van der Waals surface area contributed by atoms with Gasteiger partial charge >= 0.3 is 0 Å². The minimum absolute atomic E-state index is 0.167. The highest BCUT2D eigenvalue weighted by atomic mass is 32.1. The van der Waals surface area contributed by atoms with E-state index >= 15 is 0 Å². The summed E-state index contributed by atoms with van der Waals surface area (Å²) in [5.74, 6) is 0.122. The summed E-state index contributed by atoms with van der Waals surface area (Å²) in [6, 6.07) is 6.62. The molecular weight excluding hydrogens is 252 g/mol. The normalized spacial score (nSPS) is 10.1. The van der Waals surface area contributed by atoms with Crippen LogP contribution in [0.2, 0.25) is 0 Å². The van der Waals surface area contributed by atoms with Crippen LogP contribution in [-0.4, -0.2) is 25.1 Å². The highest BCUT2D eigenvalue weighted by Crippen LogP contribution is 2.39. The second-order valence-electron chi connectivity index (χ2n) is 3.50. The van der Waals surface area contributed by atoms with Gasteiger partial charge in [0.1, 0.15) is 0 Å². The molecule has 0 saturated carbocycles. The fraction of sp³-hybridized carbons (Fsp3) is 0.154. The van der Waals surface area contributed by atoms with Gasteiger partial charge in [0, 0.05) is 0 Å². The third kappa shape index (κ3) is 2.04. The van der Waals surface area contributed by atoms with Crippen molar-refractivity contribution in [3.8, 4) is 17.2 Å². The first-order valence-corrected chi connectivity index (χ1v) is 6.09. The summed E-state index contributed by atoms with van der Waals surface area (Å²) >= 11 is 1.33. The second kappa shape index (κ2) is 5.10. The SMILES string of the molecule is COc1ccc(C(=O)c2cccs2)c(O)c1OC. The zero-order chi connectivity index (χ0) is 13.1. The largest absolute Gasteiger partial charge is 0.504 e. The number of methoxy groups -OCH3 is 2. The molecule has 0 fully saturated rings. The maximum Gasteiger partial charge on any atom is 0.206 e. The van der Waals surface area contributed by atoms with Crippen molar-refractivity contribution in [3.63, 3.8) is 0 Å². The molecule has 18 heavy (non-hydrogen) atoms. The number of aromatic hydroxyl groups is 1. The van der Waals surface area contributed by atoms with Gasteiger partial charge in [-0.2, -0.15) is 0 Å². The van der Waals surface area contributed by atoms with E-state index in [0.717, 1.165) is 0 Å². The number of thiophene rings is 1. The third-order valence-corrected chi connectivity index (χ3v) is 3.38.